The van der Waals surface area contributed by atoms with Gasteiger partial charge >= 0.3 is 0 Å². The number of hydrogen-bond acceptors (Lipinski definition) is 4. The van der Waals surface area contributed by atoms with Crippen molar-refractivity contribution in [2.24, 2.45) is 4.99 Å². The third-order valence-corrected chi connectivity index (χ3v) is 4.57. The van der Waals surface area contributed by atoms with Gasteiger partial charge in [0, 0.05) is 28.6 Å². The first kappa shape index (κ1) is 10.2. The lowest BCUT2D eigenvalue weighted by atomic mass is 10.3. The van der Waals surface area contributed by atoms with E-state index < -0.39 is 0 Å². The zero-order valence-corrected chi connectivity index (χ0v) is 10.5. The Morgan fingerprint density at radius 3 is 3.19 bits per heavy atom. The Balaban J connectivity index is 1.92. The minimum atomic E-state index is 0.957. The third kappa shape index (κ3) is 1.72. The van der Waals surface area contributed by atoms with Crippen LogP contribution in [0.3, 0.4) is 0 Å². The summed E-state index contributed by atoms with van der Waals surface area (Å²) >= 11 is 3.50. The summed E-state index contributed by atoms with van der Waals surface area (Å²) in [6.07, 6.45) is 3.34. The maximum Gasteiger partial charge on any atom is 0.168 e. The Morgan fingerprint density at radius 1 is 1.50 bits per heavy atom. The molecule has 2 aliphatic rings. The minimum Gasteiger partial charge on any atom is -0.320 e. The van der Waals surface area contributed by atoms with Crippen LogP contribution < -0.4 is 0 Å². The van der Waals surface area contributed by atoms with Gasteiger partial charge in [-0.1, -0.05) is 12.6 Å². The standard InChI is InChI=1S/C12H12N2S2/c1-9-11(8-10-4-2-7-15-10)16-12-13-5-3-6-14(9)12/h2,4,7-8H,1,3,5-6H2/b11-8-. The van der Waals surface area contributed by atoms with Gasteiger partial charge in [-0.25, -0.2) is 0 Å². The van der Waals surface area contributed by atoms with Crippen molar-refractivity contribution in [1.82, 2.24) is 4.90 Å². The monoisotopic (exact) mass is 248 g/mol. The van der Waals surface area contributed by atoms with Crippen LogP contribution >= 0.6 is 23.1 Å². The molecule has 0 aromatic carbocycles. The van der Waals surface area contributed by atoms with Gasteiger partial charge in [-0.05, 0) is 35.7 Å². The van der Waals surface area contributed by atoms with E-state index in [0.29, 0.717) is 0 Å². The summed E-state index contributed by atoms with van der Waals surface area (Å²) in [5.74, 6) is 0. The van der Waals surface area contributed by atoms with E-state index in [1.165, 1.54) is 9.78 Å². The molecule has 2 aliphatic heterocycles. The van der Waals surface area contributed by atoms with Crippen LogP contribution in [0.1, 0.15) is 11.3 Å². The molecule has 0 spiro atoms. The fourth-order valence-corrected chi connectivity index (χ4v) is 3.64. The molecule has 0 radical (unpaired) electrons. The summed E-state index contributed by atoms with van der Waals surface area (Å²) in [6.45, 7) is 6.18. The molecular formula is C12H12N2S2. The first-order valence-corrected chi connectivity index (χ1v) is 6.98. The molecule has 1 aromatic heterocycles. The summed E-state index contributed by atoms with van der Waals surface area (Å²) in [5, 5.41) is 3.22. The van der Waals surface area contributed by atoms with E-state index in [-0.39, 0.29) is 0 Å². The van der Waals surface area contributed by atoms with Crippen LogP contribution in [0.4, 0.5) is 0 Å². The normalized spacial score (nSPS) is 22.5. The highest BCUT2D eigenvalue weighted by atomic mass is 32.2. The molecule has 2 nitrogen and oxygen atoms in total. The van der Waals surface area contributed by atoms with Gasteiger partial charge in [0.1, 0.15) is 0 Å². The number of amidine groups is 1. The second-order valence-electron chi connectivity index (χ2n) is 3.74. The van der Waals surface area contributed by atoms with Crippen molar-refractivity contribution in [3.05, 3.63) is 39.6 Å². The first-order chi connectivity index (χ1) is 7.84. The fraction of sp³-hybridized carbons (Fsp3) is 0.250. The Bertz CT molecular complexity index is 471. The van der Waals surface area contributed by atoms with Crippen LogP contribution in [0.25, 0.3) is 6.08 Å². The summed E-state index contributed by atoms with van der Waals surface area (Å²) in [6, 6.07) is 4.20. The summed E-state index contributed by atoms with van der Waals surface area (Å²) in [7, 11) is 0. The van der Waals surface area contributed by atoms with E-state index in [1.54, 1.807) is 23.1 Å². The molecule has 0 amide bonds. The van der Waals surface area contributed by atoms with Crippen LogP contribution in [0.15, 0.2) is 39.7 Å². The Hall–Kier alpha value is -1.00. The summed E-state index contributed by atoms with van der Waals surface area (Å²) in [5.41, 5.74) is 1.11. The molecule has 1 saturated heterocycles. The molecular weight excluding hydrogens is 236 g/mol. The molecule has 1 aromatic rings. The van der Waals surface area contributed by atoms with Gasteiger partial charge in [-0.15, -0.1) is 11.3 Å². The number of nitrogens with zero attached hydrogens (tertiary/aromatic N) is 2. The van der Waals surface area contributed by atoms with Crippen molar-refractivity contribution in [1.29, 1.82) is 0 Å². The second kappa shape index (κ2) is 4.11. The number of thiophene rings is 1. The van der Waals surface area contributed by atoms with E-state index in [2.05, 4.69) is 40.1 Å². The summed E-state index contributed by atoms with van der Waals surface area (Å²) in [4.78, 5) is 9.28. The molecule has 0 aliphatic carbocycles. The lowest BCUT2D eigenvalue weighted by Gasteiger charge is -2.21. The first-order valence-electron chi connectivity index (χ1n) is 5.29. The number of aliphatic imine (C=N–C) groups is 1. The van der Waals surface area contributed by atoms with Crippen LogP contribution in [0.5, 0.6) is 0 Å². The van der Waals surface area contributed by atoms with E-state index >= 15 is 0 Å². The number of fused-ring (bicyclic) bond motifs is 1. The zero-order chi connectivity index (χ0) is 11.0. The minimum absolute atomic E-state index is 0.957. The van der Waals surface area contributed by atoms with Crippen LogP contribution in [0, 0.1) is 0 Å². The van der Waals surface area contributed by atoms with Gasteiger partial charge in [-0.2, -0.15) is 0 Å². The third-order valence-electron chi connectivity index (χ3n) is 2.65. The van der Waals surface area contributed by atoms with Crippen molar-refractivity contribution in [3.8, 4) is 0 Å². The number of rotatable bonds is 1. The molecule has 0 saturated carbocycles. The maximum absolute atomic E-state index is 4.53. The van der Waals surface area contributed by atoms with Gasteiger partial charge in [0.15, 0.2) is 5.17 Å². The summed E-state index contributed by atoms with van der Waals surface area (Å²) < 4.78 is 0. The Kier molecular flexibility index (Phi) is 2.61. The average Bonchev–Trinajstić information content (AvgIpc) is 2.90. The molecule has 82 valence electrons. The molecule has 1 fully saturated rings. The highest BCUT2D eigenvalue weighted by Crippen LogP contribution is 2.40. The highest BCUT2D eigenvalue weighted by Gasteiger charge is 2.29. The predicted octanol–water partition coefficient (Wildman–Crippen LogP) is 3.41. The van der Waals surface area contributed by atoms with E-state index in [1.807, 2.05) is 0 Å². The zero-order valence-electron chi connectivity index (χ0n) is 8.85. The molecule has 3 rings (SSSR count). The fourth-order valence-electron chi connectivity index (χ4n) is 1.83. The second-order valence-corrected chi connectivity index (χ2v) is 5.73. The Morgan fingerprint density at radius 2 is 2.44 bits per heavy atom. The van der Waals surface area contributed by atoms with Crippen molar-refractivity contribution in [2.75, 3.05) is 13.1 Å². The molecule has 0 bridgehead atoms. The van der Waals surface area contributed by atoms with E-state index in [4.69, 9.17) is 0 Å². The van der Waals surface area contributed by atoms with Gasteiger partial charge in [0.25, 0.3) is 0 Å². The van der Waals surface area contributed by atoms with Gasteiger partial charge in [0.2, 0.25) is 0 Å². The largest absolute Gasteiger partial charge is 0.320 e. The van der Waals surface area contributed by atoms with Crippen LogP contribution in [-0.2, 0) is 0 Å². The number of thioether (sulfide) groups is 1. The molecule has 0 unspecified atom stereocenters. The Labute approximate surface area is 103 Å². The van der Waals surface area contributed by atoms with Crippen molar-refractivity contribution in [3.63, 3.8) is 0 Å². The quantitative estimate of drug-likeness (QED) is 0.757. The molecule has 3 heterocycles. The molecule has 4 heteroatoms. The molecule has 0 N–H and O–H groups in total. The molecule has 16 heavy (non-hydrogen) atoms. The molecule has 0 atom stereocenters. The van der Waals surface area contributed by atoms with Gasteiger partial charge in [-0.3, -0.25) is 4.99 Å². The van der Waals surface area contributed by atoms with Gasteiger partial charge in [0.05, 0.1) is 0 Å². The van der Waals surface area contributed by atoms with E-state index in [9.17, 15) is 0 Å². The number of hydrogen-bond donors (Lipinski definition) is 0. The van der Waals surface area contributed by atoms with E-state index in [0.717, 1.165) is 30.4 Å². The lowest BCUT2D eigenvalue weighted by Crippen LogP contribution is -2.27. The predicted molar refractivity (Wildman–Crippen MR) is 72.7 cm³/mol. The van der Waals surface area contributed by atoms with Gasteiger partial charge < -0.3 is 4.90 Å². The van der Waals surface area contributed by atoms with Crippen molar-refractivity contribution >= 4 is 34.3 Å². The highest BCUT2D eigenvalue weighted by molar-refractivity contribution is 8.17. The van der Waals surface area contributed by atoms with Crippen LogP contribution in [-0.4, -0.2) is 23.2 Å². The smallest absolute Gasteiger partial charge is 0.168 e. The average molecular weight is 248 g/mol. The SMILES string of the molecule is C=C1/C(=C/c2cccs2)SC2=NCCCN12. The van der Waals surface area contributed by atoms with Crippen molar-refractivity contribution < 1.29 is 0 Å². The van der Waals surface area contributed by atoms with Crippen molar-refractivity contribution in [2.45, 2.75) is 6.42 Å². The maximum atomic E-state index is 4.53. The lowest BCUT2D eigenvalue weighted by molar-refractivity contribution is 0.501. The topological polar surface area (TPSA) is 15.6 Å². The van der Waals surface area contributed by atoms with Crippen LogP contribution in [0.2, 0.25) is 0 Å².